The van der Waals surface area contributed by atoms with Gasteiger partial charge in [0, 0.05) is 49.8 Å². The van der Waals surface area contributed by atoms with Gasteiger partial charge in [0.15, 0.2) is 17.5 Å². The zero-order valence-electron chi connectivity index (χ0n) is 18.8. The van der Waals surface area contributed by atoms with E-state index in [1.165, 1.54) is 6.07 Å². The Morgan fingerprint density at radius 3 is 2.69 bits per heavy atom. The SMILES string of the molecule is COCCC(=O)N1CCN(c2nc(C3CC3)c(-c3cccc(F)c3F)c(C)c2N)C[C@H]1C. The molecule has 1 aliphatic heterocycles. The van der Waals surface area contributed by atoms with Crippen molar-refractivity contribution in [1.29, 1.82) is 0 Å². The number of halogens is 2. The Kier molecular flexibility index (Phi) is 6.33. The normalized spacial score (nSPS) is 18.8. The van der Waals surface area contributed by atoms with Gasteiger partial charge in [-0.25, -0.2) is 13.8 Å². The lowest BCUT2D eigenvalue weighted by Gasteiger charge is -2.41. The first kappa shape index (κ1) is 22.5. The first-order valence-electron chi connectivity index (χ1n) is 11.1. The summed E-state index contributed by atoms with van der Waals surface area (Å²) in [5, 5.41) is 0. The maximum absolute atomic E-state index is 14.7. The zero-order valence-corrected chi connectivity index (χ0v) is 18.8. The van der Waals surface area contributed by atoms with E-state index in [0.717, 1.165) is 24.6 Å². The summed E-state index contributed by atoms with van der Waals surface area (Å²) in [6.07, 6.45) is 2.30. The summed E-state index contributed by atoms with van der Waals surface area (Å²) < 4.78 is 33.7. The third-order valence-electron chi connectivity index (χ3n) is 6.45. The highest BCUT2D eigenvalue weighted by atomic mass is 19.2. The van der Waals surface area contributed by atoms with Gasteiger partial charge in [0.05, 0.1) is 24.4 Å². The monoisotopic (exact) mass is 444 g/mol. The van der Waals surface area contributed by atoms with Crippen molar-refractivity contribution in [3.63, 3.8) is 0 Å². The molecule has 32 heavy (non-hydrogen) atoms. The summed E-state index contributed by atoms with van der Waals surface area (Å²) in [7, 11) is 1.59. The average Bonchev–Trinajstić information content (AvgIpc) is 3.61. The topological polar surface area (TPSA) is 71.7 Å². The number of piperazine rings is 1. The molecule has 6 nitrogen and oxygen atoms in total. The van der Waals surface area contributed by atoms with Crippen LogP contribution >= 0.6 is 0 Å². The number of hydrogen-bond donors (Lipinski definition) is 1. The highest BCUT2D eigenvalue weighted by Gasteiger charge is 2.34. The smallest absolute Gasteiger partial charge is 0.225 e. The molecule has 1 saturated heterocycles. The number of pyridine rings is 1. The number of methoxy groups -OCH3 is 1. The van der Waals surface area contributed by atoms with E-state index < -0.39 is 11.6 Å². The summed E-state index contributed by atoms with van der Waals surface area (Å²) in [6, 6.07) is 4.21. The molecule has 0 bridgehead atoms. The van der Waals surface area contributed by atoms with Gasteiger partial charge in [-0.1, -0.05) is 12.1 Å². The highest BCUT2D eigenvalue weighted by Crippen LogP contribution is 2.47. The molecular weight excluding hydrogens is 414 g/mol. The number of nitrogens with two attached hydrogens (primary N) is 1. The molecule has 1 amide bonds. The summed E-state index contributed by atoms with van der Waals surface area (Å²) in [5.74, 6) is -0.787. The van der Waals surface area contributed by atoms with Crippen LogP contribution in [0.5, 0.6) is 0 Å². The summed E-state index contributed by atoms with van der Waals surface area (Å²) >= 11 is 0. The Hall–Kier alpha value is -2.74. The number of benzene rings is 1. The van der Waals surface area contributed by atoms with Crippen LogP contribution in [0.15, 0.2) is 18.2 Å². The van der Waals surface area contributed by atoms with Gasteiger partial charge in [0.25, 0.3) is 0 Å². The lowest BCUT2D eigenvalue weighted by molar-refractivity contribution is -0.134. The summed E-state index contributed by atoms with van der Waals surface area (Å²) in [6.45, 7) is 6.05. The molecular formula is C24H30F2N4O2. The summed E-state index contributed by atoms with van der Waals surface area (Å²) in [5.41, 5.74) is 9.29. The van der Waals surface area contributed by atoms with Gasteiger partial charge in [-0.15, -0.1) is 0 Å². The zero-order chi connectivity index (χ0) is 23.0. The van der Waals surface area contributed by atoms with Crippen molar-refractivity contribution in [2.24, 2.45) is 0 Å². The largest absolute Gasteiger partial charge is 0.396 e. The van der Waals surface area contributed by atoms with Crippen LogP contribution in [0.1, 0.15) is 43.4 Å². The molecule has 2 fully saturated rings. The molecule has 2 heterocycles. The number of hydrogen-bond acceptors (Lipinski definition) is 5. The molecule has 172 valence electrons. The lowest BCUT2D eigenvalue weighted by Crippen LogP contribution is -2.54. The first-order valence-corrected chi connectivity index (χ1v) is 11.1. The van der Waals surface area contributed by atoms with Crippen LogP contribution in [0.2, 0.25) is 0 Å². The number of nitrogens with zero attached hydrogens (tertiary/aromatic N) is 3. The number of anilines is 2. The van der Waals surface area contributed by atoms with Crippen molar-refractivity contribution in [3.05, 3.63) is 41.1 Å². The molecule has 1 atom stereocenters. The fourth-order valence-electron chi connectivity index (χ4n) is 4.51. The second-order valence-corrected chi connectivity index (χ2v) is 8.73. The first-order chi connectivity index (χ1) is 15.3. The Bertz CT molecular complexity index is 1030. The molecule has 1 aromatic heterocycles. The maximum Gasteiger partial charge on any atom is 0.225 e. The molecule has 4 rings (SSSR count). The van der Waals surface area contributed by atoms with E-state index in [1.54, 1.807) is 13.2 Å². The third kappa shape index (κ3) is 4.16. The Morgan fingerprint density at radius 1 is 1.28 bits per heavy atom. The van der Waals surface area contributed by atoms with Crippen molar-refractivity contribution >= 4 is 17.4 Å². The molecule has 1 aromatic carbocycles. The molecule has 8 heteroatoms. The second kappa shape index (κ2) is 9.02. The average molecular weight is 445 g/mol. The van der Waals surface area contributed by atoms with Crippen LogP contribution in [-0.4, -0.2) is 55.2 Å². The van der Waals surface area contributed by atoms with Gasteiger partial charge in [-0.2, -0.15) is 0 Å². The highest BCUT2D eigenvalue weighted by molar-refractivity contribution is 5.82. The number of ether oxygens (including phenoxy) is 1. The van der Waals surface area contributed by atoms with Gasteiger partial charge < -0.3 is 20.3 Å². The lowest BCUT2D eigenvalue weighted by atomic mass is 9.94. The van der Waals surface area contributed by atoms with Crippen molar-refractivity contribution < 1.29 is 18.3 Å². The van der Waals surface area contributed by atoms with E-state index in [-0.39, 0.29) is 23.4 Å². The van der Waals surface area contributed by atoms with Crippen molar-refractivity contribution in [3.8, 4) is 11.1 Å². The molecule has 1 aliphatic carbocycles. The molecule has 2 aliphatic rings. The number of amides is 1. The predicted molar refractivity (Wildman–Crippen MR) is 121 cm³/mol. The van der Waals surface area contributed by atoms with Crippen LogP contribution in [0.25, 0.3) is 11.1 Å². The van der Waals surface area contributed by atoms with Gasteiger partial charge in [0.2, 0.25) is 5.91 Å². The predicted octanol–water partition coefficient (Wildman–Crippen LogP) is 3.87. The van der Waals surface area contributed by atoms with Gasteiger partial charge in [-0.05, 0) is 38.3 Å². The van der Waals surface area contributed by atoms with E-state index in [4.69, 9.17) is 15.5 Å². The second-order valence-electron chi connectivity index (χ2n) is 8.73. The molecule has 1 saturated carbocycles. The molecule has 0 unspecified atom stereocenters. The number of carbonyl (C=O) groups excluding carboxylic acids is 1. The van der Waals surface area contributed by atoms with Gasteiger partial charge in [-0.3, -0.25) is 4.79 Å². The minimum atomic E-state index is -0.880. The Balaban J connectivity index is 1.67. The quantitative estimate of drug-likeness (QED) is 0.732. The van der Waals surface area contributed by atoms with E-state index in [2.05, 4.69) is 4.90 Å². The fraction of sp³-hybridized carbons (Fsp3) is 0.500. The molecule has 0 radical (unpaired) electrons. The molecule has 2 N–H and O–H groups in total. The van der Waals surface area contributed by atoms with Crippen LogP contribution in [0.4, 0.5) is 20.3 Å². The van der Waals surface area contributed by atoms with Gasteiger partial charge in [0.1, 0.15) is 0 Å². The summed E-state index contributed by atoms with van der Waals surface area (Å²) in [4.78, 5) is 21.3. The van der Waals surface area contributed by atoms with Crippen LogP contribution in [0.3, 0.4) is 0 Å². The molecule has 2 aromatic rings. The van der Waals surface area contributed by atoms with E-state index >= 15 is 0 Å². The minimum Gasteiger partial charge on any atom is -0.396 e. The van der Waals surface area contributed by atoms with E-state index in [9.17, 15) is 13.6 Å². The van der Waals surface area contributed by atoms with Crippen molar-refractivity contribution in [2.75, 3.05) is 44.0 Å². The van der Waals surface area contributed by atoms with Gasteiger partial charge >= 0.3 is 0 Å². The van der Waals surface area contributed by atoms with Crippen molar-refractivity contribution in [2.45, 2.75) is 45.1 Å². The number of carbonyl (C=O) groups is 1. The number of aromatic nitrogens is 1. The Labute approximate surface area is 187 Å². The third-order valence-corrected chi connectivity index (χ3v) is 6.45. The standard InChI is InChI=1S/C24H30F2N4O2/c1-14-13-29(10-11-30(14)19(31)9-12-32-3)24-22(27)15(2)20(23(28-24)16-7-8-16)17-5-4-6-18(25)21(17)26/h4-6,14,16H,7-13,27H2,1-3H3/t14-/m1/s1. The van der Waals surface area contributed by atoms with E-state index in [0.29, 0.717) is 55.3 Å². The fourth-order valence-corrected chi connectivity index (χ4v) is 4.51. The van der Waals surface area contributed by atoms with Crippen LogP contribution < -0.4 is 10.6 Å². The van der Waals surface area contributed by atoms with E-state index in [1.807, 2.05) is 18.7 Å². The Morgan fingerprint density at radius 2 is 2.03 bits per heavy atom. The van der Waals surface area contributed by atoms with Crippen LogP contribution in [0, 0.1) is 18.6 Å². The van der Waals surface area contributed by atoms with Crippen molar-refractivity contribution in [1.82, 2.24) is 9.88 Å². The number of nitrogen functional groups attached to an aromatic ring is 1. The maximum atomic E-state index is 14.7. The number of rotatable bonds is 6. The minimum absolute atomic E-state index is 0.000623. The molecule has 0 spiro atoms. The van der Waals surface area contributed by atoms with Crippen LogP contribution in [-0.2, 0) is 9.53 Å².